The number of ketones is 1. The highest BCUT2D eigenvalue weighted by molar-refractivity contribution is 5.92. The summed E-state index contributed by atoms with van der Waals surface area (Å²) in [7, 11) is 1.25. The minimum Gasteiger partial charge on any atom is -0.469 e. The molecular formula is C13H23NO4. The Morgan fingerprint density at radius 3 is 2.22 bits per heavy atom. The van der Waals surface area contributed by atoms with Crippen LogP contribution in [-0.2, 0) is 19.1 Å². The fourth-order valence-electron chi connectivity index (χ4n) is 1.64. The van der Waals surface area contributed by atoms with Gasteiger partial charge < -0.3 is 10.1 Å². The zero-order valence-corrected chi connectivity index (χ0v) is 11.8. The summed E-state index contributed by atoms with van der Waals surface area (Å²) in [6.07, 6.45) is 1.48. The van der Waals surface area contributed by atoms with E-state index in [1.807, 2.05) is 20.8 Å². The molecule has 1 atom stereocenters. The molecule has 1 unspecified atom stereocenters. The number of methoxy groups -OCH3 is 1. The van der Waals surface area contributed by atoms with Crippen LogP contribution in [0.2, 0.25) is 0 Å². The van der Waals surface area contributed by atoms with Crippen molar-refractivity contribution in [2.45, 2.75) is 53.0 Å². The number of esters is 1. The average molecular weight is 257 g/mol. The van der Waals surface area contributed by atoms with Crippen molar-refractivity contribution < 1.29 is 19.1 Å². The summed E-state index contributed by atoms with van der Waals surface area (Å²) < 4.78 is 4.50. The van der Waals surface area contributed by atoms with E-state index in [4.69, 9.17) is 0 Å². The predicted molar refractivity (Wildman–Crippen MR) is 67.9 cm³/mol. The van der Waals surface area contributed by atoms with Gasteiger partial charge in [-0.1, -0.05) is 27.2 Å². The minimum absolute atomic E-state index is 0.125. The van der Waals surface area contributed by atoms with Gasteiger partial charge in [0.25, 0.3) is 0 Å². The van der Waals surface area contributed by atoms with E-state index in [1.165, 1.54) is 14.0 Å². The van der Waals surface area contributed by atoms with E-state index in [0.717, 1.165) is 12.8 Å². The maximum atomic E-state index is 12.0. The zero-order valence-electron chi connectivity index (χ0n) is 11.8. The molecule has 0 aliphatic rings. The molecule has 0 aliphatic heterocycles. The molecule has 0 aromatic rings. The van der Waals surface area contributed by atoms with Crippen LogP contribution in [-0.4, -0.2) is 30.8 Å². The normalized spacial score (nSPS) is 12.7. The van der Waals surface area contributed by atoms with Gasteiger partial charge in [0, 0.05) is 5.41 Å². The first kappa shape index (κ1) is 16.6. The number of rotatable bonds is 7. The maximum absolute atomic E-state index is 12.0. The zero-order chi connectivity index (χ0) is 14.3. The molecule has 0 saturated heterocycles. The third-order valence-electron chi connectivity index (χ3n) is 2.88. The molecule has 18 heavy (non-hydrogen) atoms. The molecule has 0 rings (SSSR count). The van der Waals surface area contributed by atoms with Gasteiger partial charge in [-0.05, 0) is 13.3 Å². The Balaban J connectivity index is 4.64. The molecule has 0 fully saturated rings. The van der Waals surface area contributed by atoms with Gasteiger partial charge in [-0.3, -0.25) is 14.4 Å². The van der Waals surface area contributed by atoms with Crippen LogP contribution >= 0.6 is 0 Å². The van der Waals surface area contributed by atoms with Crippen LogP contribution in [0.3, 0.4) is 0 Å². The molecule has 1 amide bonds. The molecule has 1 N–H and O–H groups in total. The Morgan fingerprint density at radius 2 is 1.83 bits per heavy atom. The molecule has 0 heterocycles. The van der Waals surface area contributed by atoms with E-state index in [0.29, 0.717) is 0 Å². The van der Waals surface area contributed by atoms with Gasteiger partial charge in [0.2, 0.25) is 5.91 Å². The molecule has 0 aromatic carbocycles. The quantitative estimate of drug-likeness (QED) is 0.701. The van der Waals surface area contributed by atoms with E-state index in [2.05, 4.69) is 10.1 Å². The summed E-state index contributed by atoms with van der Waals surface area (Å²) in [6, 6.07) is -0.805. The lowest BCUT2D eigenvalue weighted by Gasteiger charge is -2.25. The highest BCUT2D eigenvalue weighted by Gasteiger charge is 2.30. The number of carbonyl (C=O) groups excluding carboxylic acids is 3. The van der Waals surface area contributed by atoms with Gasteiger partial charge in [-0.15, -0.1) is 0 Å². The molecule has 0 spiro atoms. The first-order valence-corrected chi connectivity index (χ1v) is 6.12. The van der Waals surface area contributed by atoms with E-state index >= 15 is 0 Å². The lowest BCUT2D eigenvalue weighted by Crippen LogP contribution is -2.47. The first-order chi connectivity index (χ1) is 8.24. The number of hydrogen-bond donors (Lipinski definition) is 1. The second-order valence-electron chi connectivity index (χ2n) is 5.05. The first-order valence-electron chi connectivity index (χ1n) is 6.12. The molecule has 0 saturated carbocycles. The van der Waals surface area contributed by atoms with Gasteiger partial charge in [0.15, 0.2) is 5.78 Å². The number of carbonyl (C=O) groups is 3. The number of nitrogens with one attached hydrogen (secondary N) is 1. The molecule has 5 heteroatoms. The maximum Gasteiger partial charge on any atom is 0.308 e. The summed E-state index contributed by atoms with van der Waals surface area (Å²) in [5.41, 5.74) is -0.543. The lowest BCUT2D eigenvalue weighted by molar-refractivity contribution is -0.143. The van der Waals surface area contributed by atoms with Crippen LogP contribution in [0.1, 0.15) is 47.0 Å². The second kappa shape index (κ2) is 7.13. The Morgan fingerprint density at radius 1 is 1.28 bits per heavy atom. The highest BCUT2D eigenvalue weighted by Crippen LogP contribution is 2.22. The minimum atomic E-state index is -0.805. The standard InChI is InChI=1S/C13H23NO4/c1-6-7-13(3,4)12(17)14-10(9(2)15)8-11(16)18-5/h10H,6-8H2,1-5H3,(H,14,17). The van der Waals surface area contributed by atoms with Gasteiger partial charge >= 0.3 is 5.97 Å². The number of hydrogen-bond acceptors (Lipinski definition) is 4. The second-order valence-corrected chi connectivity index (χ2v) is 5.05. The Kier molecular flexibility index (Phi) is 6.58. The SMILES string of the molecule is CCCC(C)(C)C(=O)NC(CC(=O)OC)C(C)=O. The molecule has 0 radical (unpaired) electrons. The van der Waals surface area contributed by atoms with E-state index in [9.17, 15) is 14.4 Å². The fraction of sp³-hybridized carbons (Fsp3) is 0.769. The van der Waals surface area contributed by atoms with Crippen molar-refractivity contribution in [1.82, 2.24) is 5.32 Å². The smallest absolute Gasteiger partial charge is 0.308 e. The molecule has 5 nitrogen and oxygen atoms in total. The van der Waals surface area contributed by atoms with Gasteiger partial charge in [0.1, 0.15) is 0 Å². The monoisotopic (exact) mass is 257 g/mol. The van der Waals surface area contributed by atoms with E-state index in [-0.39, 0.29) is 18.1 Å². The summed E-state index contributed by atoms with van der Waals surface area (Å²) in [4.78, 5) is 34.6. The topological polar surface area (TPSA) is 72.5 Å². The summed E-state index contributed by atoms with van der Waals surface area (Å²) >= 11 is 0. The van der Waals surface area contributed by atoms with E-state index < -0.39 is 17.4 Å². The molecule has 0 aliphatic carbocycles. The largest absolute Gasteiger partial charge is 0.469 e. The fourth-order valence-corrected chi connectivity index (χ4v) is 1.64. The average Bonchev–Trinajstić information content (AvgIpc) is 2.27. The molecule has 0 bridgehead atoms. The molecular weight excluding hydrogens is 234 g/mol. The predicted octanol–water partition coefficient (Wildman–Crippen LogP) is 1.45. The van der Waals surface area contributed by atoms with Crippen LogP contribution < -0.4 is 5.32 Å². The van der Waals surface area contributed by atoms with Crippen LogP contribution in [0.4, 0.5) is 0 Å². The van der Waals surface area contributed by atoms with Gasteiger partial charge in [-0.2, -0.15) is 0 Å². The van der Waals surface area contributed by atoms with Crippen LogP contribution in [0.5, 0.6) is 0 Å². The number of ether oxygens (including phenoxy) is 1. The van der Waals surface area contributed by atoms with Gasteiger partial charge in [-0.25, -0.2) is 0 Å². The van der Waals surface area contributed by atoms with Gasteiger partial charge in [0.05, 0.1) is 19.6 Å². The summed E-state index contributed by atoms with van der Waals surface area (Å²) in [5.74, 6) is -0.974. The van der Waals surface area contributed by atoms with Crippen molar-refractivity contribution >= 4 is 17.7 Å². The molecule has 0 aromatic heterocycles. The third kappa shape index (κ3) is 5.29. The van der Waals surface area contributed by atoms with Crippen LogP contribution in [0.15, 0.2) is 0 Å². The van der Waals surface area contributed by atoms with Crippen molar-refractivity contribution in [3.63, 3.8) is 0 Å². The van der Waals surface area contributed by atoms with E-state index in [1.54, 1.807) is 0 Å². The Hall–Kier alpha value is -1.39. The third-order valence-corrected chi connectivity index (χ3v) is 2.88. The lowest BCUT2D eigenvalue weighted by atomic mass is 9.86. The van der Waals surface area contributed by atoms with Crippen LogP contribution in [0, 0.1) is 5.41 Å². The highest BCUT2D eigenvalue weighted by atomic mass is 16.5. The molecule has 104 valence electrons. The van der Waals surface area contributed by atoms with Crippen molar-refractivity contribution in [1.29, 1.82) is 0 Å². The Labute approximate surface area is 108 Å². The van der Waals surface area contributed by atoms with Crippen molar-refractivity contribution in [3.8, 4) is 0 Å². The summed E-state index contributed by atoms with van der Waals surface area (Å²) in [6.45, 7) is 6.98. The number of amides is 1. The summed E-state index contributed by atoms with van der Waals surface area (Å²) in [5, 5.41) is 2.62. The van der Waals surface area contributed by atoms with Crippen molar-refractivity contribution in [3.05, 3.63) is 0 Å². The van der Waals surface area contributed by atoms with Crippen molar-refractivity contribution in [2.24, 2.45) is 5.41 Å². The Bertz CT molecular complexity index is 323. The number of Topliss-reactive ketones (excluding diaryl/α,β-unsaturated/α-hetero) is 1. The van der Waals surface area contributed by atoms with Crippen molar-refractivity contribution in [2.75, 3.05) is 7.11 Å². The van der Waals surface area contributed by atoms with Crippen LogP contribution in [0.25, 0.3) is 0 Å².